The minimum atomic E-state index is -0.0231. The number of allylic oxidation sites excluding steroid dienone is 1. The molecule has 2 aromatic heterocycles. The Morgan fingerprint density at radius 3 is 2.37 bits per heavy atom. The van der Waals surface area contributed by atoms with Crippen molar-refractivity contribution in [3.63, 3.8) is 0 Å². The Kier molecular flexibility index (Phi) is 3.63. The predicted octanol–water partition coefficient (Wildman–Crippen LogP) is 7.03. The van der Waals surface area contributed by atoms with Crippen molar-refractivity contribution in [2.45, 2.75) is 19.3 Å². The van der Waals surface area contributed by atoms with E-state index in [0.717, 1.165) is 0 Å². The maximum Gasteiger partial charge on any atom is 0.209 e. The van der Waals surface area contributed by atoms with E-state index in [1.165, 1.54) is 48.5 Å². The van der Waals surface area contributed by atoms with Crippen molar-refractivity contribution in [2.24, 2.45) is 0 Å². The lowest BCUT2D eigenvalue weighted by molar-refractivity contribution is -0.401. The van der Waals surface area contributed by atoms with Gasteiger partial charge in [-0.15, -0.1) is 11.3 Å². The minimum Gasteiger partial charge on any atom is -0.299 e. The molecule has 1 aliphatic heterocycles. The highest BCUT2D eigenvalue weighted by Crippen LogP contribution is 2.40. The second-order valence-electron chi connectivity index (χ2n) is 8.56. The predicted molar refractivity (Wildman–Crippen MR) is 130 cm³/mol. The van der Waals surface area contributed by atoms with Gasteiger partial charge in [0, 0.05) is 28.5 Å². The largest absolute Gasteiger partial charge is 0.299 e. The highest BCUT2D eigenvalue weighted by atomic mass is 32.1. The van der Waals surface area contributed by atoms with Crippen LogP contribution in [-0.4, -0.2) is 21.7 Å². The Morgan fingerprint density at radius 1 is 0.833 bits per heavy atom. The summed E-state index contributed by atoms with van der Waals surface area (Å²) >= 11 is 1.87. The third-order valence-corrected chi connectivity index (χ3v) is 7.69. The lowest BCUT2D eigenvalue weighted by Gasteiger charge is -2.15. The van der Waals surface area contributed by atoms with Gasteiger partial charge in [-0.25, -0.2) is 0 Å². The summed E-state index contributed by atoms with van der Waals surface area (Å²) in [6.07, 6.45) is 4.63. The number of hydrogen-bond donors (Lipinski definition) is 0. The fourth-order valence-electron chi connectivity index (χ4n) is 5.04. The second kappa shape index (κ2) is 6.16. The van der Waals surface area contributed by atoms with Crippen molar-refractivity contribution < 1.29 is 4.58 Å². The topological polar surface area (TPSA) is 7.42 Å². The van der Waals surface area contributed by atoms with Gasteiger partial charge in [0.1, 0.15) is 11.9 Å². The van der Waals surface area contributed by atoms with Gasteiger partial charge >= 0.3 is 0 Å². The van der Waals surface area contributed by atoms with Crippen molar-refractivity contribution in [3.05, 3.63) is 90.1 Å². The summed E-state index contributed by atoms with van der Waals surface area (Å²) in [7, 11) is 2.18. The normalized spacial score (nSPS) is 15.8. The molecule has 0 amide bonds. The Hall–Kier alpha value is -3.17. The van der Waals surface area contributed by atoms with Crippen LogP contribution in [0.2, 0.25) is 0 Å². The SMILES string of the molecule is C[N+]1=C(/C=C/c2c3ccccc3c3sc4ccccc4n23)C(C)(C)c2ccccc21. The van der Waals surface area contributed by atoms with Crippen LogP contribution in [0.5, 0.6) is 0 Å². The number of benzene rings is 3. The zero-order chi connectivity index (χ0) is 20.5. The molecule has 0 saturated carbocycles. The molecule has 6 rings (SSSR count). The molecule has 0 fully saturated rings. The first kappa shape index (κ1) is 17.7. The molecule has 146 valence electrons. The number of hydrogen-bond acceptors (Lipinski definition) is 1. The second-order valence-corrected chi connectivity index (χ2v) is 9.59. The van der Waals surface area contributed by atoms with Crippen LogP contribution in [-0.2, 0) is 5.41 Å². The summed E-state index contributed by atoms with van der Waals surface area (Å²) in [6, 6.07) is 26.2. The van der Waals surface area contributed by atoms with Gasteiger partial charge in [0.15, 0.2) is 5.71 Å². The van der Waals surface area contributed by atoms with Crippen LogP contribution in [0, 0.1) is 0 Å². The standard InChI is InChI=1S/C27H23N2S/c1-27(2)20-12-6-7-13-22(20)28(3)25(27)17-16-21-18-10-4-5-11-19(18)26-29(21)23-14-8-9-15-24(23)30-26/h4-17H,1-3H3/q+1. The van der Waals surface area contributed by atoms with Crippen molar-refractivity contribution >= 4 is 54.6 Å². The number of nitrogens with zero attached hydrogens (tertiary/aromatic N) is 2. The Morgan fingerprint density at radius 2 is 1.53 bits per heavy atom. The van der Waals surface area contributed by atoms with E-state index in [-0.39, 0.29) is 5.41 Å². The average Bonchev–Trinajstić information content (AvgIpc) is 3.34. The molecule has 1 aliphatic rings. The van der Waals surface area contributed by atoms with Crippen LogP contribution < -0.4 is 0 Å². The third kappa shape index (κ3) is 2.27. The molecule has 0 N–H and O–H groups in total. The molecule has 3 aromatic carbocycles. The van der Waals surface area contributed by atoms with Crippen molar-refractivity contribution in [2.75, 3.05) is 7.05 Å². The van der Waals surface area contributed by atoms with Gasteiger partial charge in [0.2, 0.25) is 5.69 Å². The number of rotatable bonds is 2. The van der Waals surface area contributed by atoms with Crippen LogP contribution in [0.4, 0.5) is 5.69 Å². The molecule has 5 aromatic rings. The van der Waals surface area contributed by atoms with Gasteiger partial charge in [-0.1, -0.05) is 54.6 Å². The van der Waals surface area contributed by atoms with Crippen molar-refractivity contribution in [3.8, 4) is 0 Å². The first-order valence-electron chi connectivity index (χ1n) is 10.4. The maximum absolute atomic E-state index is 2.43. The Balaban J connectivity index is 1.61. The number of para-hydroxylation sites is 2. The average molecular weight is 408 g/mol. The fraction of sp³-hybridized carbons (Fsp3) is 0.148. The van der Waals surface area contributed by atoms with E-state index < -0.39 is 0 Å². The van der Waals surface area contributed by atoms with Crippen LogP contribution in [0.25, 0.3) is 31.9 Å². The lowest BCUT2D eigenvalue weighted by Crippen LogP contribution is -2.26. The summed E-state index contributed by atoms with van der Waals surface area (Å²) in [5.74, 6) is 0. The van der Waals surface area contributed by atoms with Gasteiger partial charge in [0.25, 0.3) is 0 Å². The van der Waals surface area contributed by atoms with Gasteiger partial charge in [-0.3, -0.25) is 4.40 Å². The summed E-state index contributed by atoms with van der Waals surface area (Å²) in [5.41, 5.74) is 6.52. The highest BCUT2D eigenvalue weighted by molar-refractivity contribution is 7.24. The molecule has 0 spiro atoms. The van der Waals surface area contributed by atoms with Gasteiger partial charge in [-0.2, -0.15) is 4.58 Å². The fourth-order valence-corrected chi connectivity index (χ4v) is 6.23. The minimum absolute atomic E-state index is 0.0231. The molecule has 0 atom stereocenters. The Labute approximate surface area is 180 Å². The van der Waals surface area contributed by atoms with Crippen LogP contribution in [0.3, 0.4) is 0 Å². The zero-order valence-corrected chi connectivity index (χ0v) is 18.2. The smallest absolute Gasteiger partial charge is 0.209 e. The summed E-state index contributed by atoms with van der Waals surface area (Å²) in [5, 5.41) is 2.63. The molecule has 0 bridgehead atoms. The van der Waals surface area contributed by atoms with Crippen LogP contribution >= 0.6 is 11.3 Å². The first-order valence-corrected chi connectivity index (χ1v) is 11.2. The van der Waals surface area contributed by atoms with E-state index >= 15 is 0 Å². The highest BCUT2D eigenvalue weighted by Gasteiger charge is 2.42. The van der Waals surface area contributed by atoms with E-state index in [0.29, 0.717) is 0 Å². The van der Waals surface area contributed by atoms with Gasteiger partial charge in [0.05, 0.1) is 21.3 Å². The molecule has 30 heavy (non-hydrogen) atoms. The zero-order valence-electron chi connectivity index (χ0n) is 17.4. The maximum atomic E-state index is 2.43. The van der Waals surface area contributed by atoms with E-state index in [2.05, 4.69) is 115 Å². The monoisotopic (exact) mass is 407 g/mol. The number of thiazole rings is 1. The molecular formula is C27H23N2S+. The van der Waals surface area contributed by atoms with Crippen LogP contribution in [0.15, 0.2) is 78.9 Å². The number of aromatic nitrogens is 1. The summed E-state index contributed by atoms with van der Waals surface area (Å²) in [4.78, 5) is 1.32. The number of fused-ring (bicyclic) bond motifs is 6. The molecule has 0 saturated heterocycles. The first-order chi connectivity index (χ1) is 14.6. The molecule has 3 heteroatoms. The summed E-state index contributed by atoms with van der Waals surface area (Å²) in [6.45, 7) is 4.64. The molecule has 0 aliphatic carbocycles. The quantitative estimate of drug-likeness (QED) is 0.278. The molecule has 0 unspecified atom stereocenters. The van der Waals surface area contributed by atoms with E-state index in [9.17, 15) is 0 Å². The van der Waals surface area contributed by atoms with E-state index in [4.69, 9.17) is 0 Å². The van der Waals surface area contributed by atoms with E-state index in [1.807, 2.05) is 11.3 Å². The summed E-state index contributed by atoms with van der Waals surface area (Å²) < 4.78 is 6.09. The van der Waals surface area contributed by atoms with Crippen molar-refractivity contribution in [1.29, 1.82) is 0 Å². The van der Waals surface area contributed by atoms with E-state index in [1.54, 1.807) is 0 Å². The van der Waals surface area contributed by atoms with Crippen LogP contribution in [0.1, 0.15) is 25.1 Å². The molecule has 3 heterocycles. The molecule has 0 radical (unpaired) electrons. The third-order valence-electron chi connectivity index (χ3n) is 6.53. The molecule has 2 nitrogen and oxygen atoms in total. The molecular weight excluding hydrogens is 384 g/mol. The van der Waals surface area contributed by atoms with Gasteiger partial charge < -0.3 is 0 Å². The van der Waals surface area contributed by atoms with Gasteiger partial charge in [-0.05, 0) is 32.1 Å². The Bertz CT molecular complexity index is 1520. The van der Waals surface area contributed by atoms with Crippen molar-refractivity contribution in [1.82, 2.24) is 4.40 Å². The lowest BCUT2D eigenvalue weighted by atomic mass is 9.81.